The van der Waals surface area contributed by atoms with E-state index in [2.05, 4.69) is 15.5 Å². The molecule has 34 heavy (non-hydrogen) atoms. The Kier molecular flexibility index (Phi) is 5.52. The number of hydrogen-bond acceptors (Lipinski definition) is 7. The first-order valence-corrected chi connectivity index (χ1v) is 11.1. The summed E-state index contributed by atoms with van der Waals surface area (Å²) in [5, 5.41) is 11.2. The summed E-state index contributed by atoms with van der Waals surface area (Å²) < 4.78 is 0. The molecule has 0 unspecified atom stereocenters. The minimum Gasteiger partial charge on any atom is -0.296 e. The Bertz CT molecular complexity index is 1410. The molecule has 0 spiro atoms. The van der Waals surface area contributed by atoms with Crippen molar-refractivity contribution in [2.75, 3.05) is 5.32 Å². The van der Waals surface area contributed by atoms with Gasteiger partial charge in [0, 0.05) is 11.1 Å². The van der Waals surface area contributed by atoms with E-state index in [0.717, 1.165) is 16.2 Å². The van der Waals surface area contributed by atoms with Gasteiger partial charge in [-0.05, 0) is 18.2 Å². The van der Waals surface area contributed by atoms with Crippen molar-refractivity contribution in [3.05, 3.63) is 112 Å². The van der Waals surface area contributed by atoms with Crippen LogP contribution in [0.25, 0.3) is 0 Å². The first-order valence-electron chi connectivity index (χ1n) is 10.3. The fraction of sp³-hybridized carbons (Fsp3) is 0.0400. The van der Waals surface area contributed by atoms with Crippen molar-refractivity contribution in [1.29, 1.82) is 0 Å². The number of benzene rings is 3. The molecular formula is C25H16N4O4S. The summed E-state index contributed by atoms with van der Waals surface area (Å²) in [5.74, 6) is -1.57. The molecule has 0 fully saturated rings. The summed E-state index contributed by atoms with van der Waals surface area (Å²) in [6, 6.07) is 21.8. The monoisotopic (exact) mass is 468 g/mol. The molecule has 0 saturated carbocycles. The largest absolute Gasteiger partial charge is 0.296 e. The van der Waals surface area contributed by atoms with Crippen molar-refractivity contribution in [3.63, 3.8) is 0 Å². The number of nitrogens with one attached hydrogen (secondary N) is 1. The van der Waals surface area contributed by atoms with Crippen molar-refractivity contribution in [2.45, 2.75) is 6.54 Å². The van der Waals surface area contributed by atoms with Crippen LogP contribution in [0.1, 0.15) is 52.0 Å². The average Bonchev–Trinajstić information content (AvgIpc) is 3.42. The second-order valence-corrected chi connectivity index (χ2v) is 8.50. The van der Waals surface area contributed by atoms with E-state index in [4.69, 9.17) is 0 Å². The highest BCUT2D eigenvalue weighted by Gasteiger charge is 2.35. The Balaban J connectivity index is 1.32. The standard InChI is InChI=1S/C25H16N4O4S/c30-21(15-8-2-1-3-9-15)16-10-4-5-11-17(16)22(31)26-25-28-27-20(34-25)14-29-23(32)18-12-6-7-13-19(18)24(29)33/h1-13H,14H2,(H,26,28,31). The fourth-order valence-corrected chi connectivity index (χ4v) is 4.40. The maximum Gasteiger partial charge on any atom is 0.261 e. The molecule has 3 amide bonds. The smallest absolute Gasteiger partial charge is 0.261 e. The zero-order valence-corrected chi connectivity index (χ0v) is 18.4. The Morgan fingerprint density at radius 2 is 1.35 bits per heavy atom. The lowest BCUT2D eigenvalue weighted by Gasteiger charge is -2.10. The van der Waals surface area contributed by atoms with E-state index >= 15 is 0 Å². The van der Waals surface area contributed by atoms with Crippen LogP contribution >= 0.6 is 11.3 Å². The molecule has 166 valence electrons. The Morgan fingerprint density at radius 3 is 2.03 bits per heavy atom. The van der Waals surface area contributed by atoms with Crippen LogP contribution in [0.3, 0.4) is 0 Å². The molecule has 1 N–H and O–H groups in total. The predicted molar refractivity (Wildman–Crippen MR) is 125 cm³/mol. The van der Waals surface area contributed by atoms with E-state index in [9.17, 15) is 19.2 Å². The maximum atomic E-state index is 12.9. The maximum absolute atomic E-state index is 12.9. The predicted octanol–water partition coefficient (Wildman–Crippen LogP) is 3.82. The van der Waals surface area contributed by atoms with Crippen LogP contribution in [0.2, 0.25) is 0 Å². The van der Waals surface area contributed by atoms with Crippen molar-refractivity contribution in [2.24, 2.45) is 0 Å². The molecule has 9 heteroatoms. The molecular weight excluding hydrogens is 452 g/mol. The number of hydrogen-bond donors (Lipinski definition) is 1. The minimum absolute atomic E-state index is 0.0526. The normalized spacial score (nSPS) is 12.5. The van der Waals surface area contributed by atoms with Crippen LogP contribution in [-0.2, 0) is 6.54 Å². The number of anilines is 1. The van der Waals surface area contributed by atoms with E-state index in [1.165, 1.54) is 0 Å². The number of carbonyl (C=O) groups is 4. The van der Waals surface area contributed by atoms with Crippen LogP contribution in [0.4, 0.5) is 5.13 Å². The first-order chi connectivity index (χ1) is 16.5. The van der Waals surface area contributed by atoms with Crippen LogP contribution < -0.4 is 5.32 Å². The molecule has 0 bridgehead atoms. The number of fused-ring (bicyclic) bond motifs is 1. The number of imide groups is 1. The molecule has 4 aromatic rings. The Morgan fingerprint density at radius 1 is 0.765 bits per heavy atom. The molecule has 2 heterocycles. The van der Waals surface area contributed by atoms with Gasteiger partial charge >= 0.3 is 0 Å². The third-order valence-electron chi connectivity index (χ3n) is 5.31. The summed E-state index contributed by atoms with van der Waals surface area (Å²) in [7, 11) is 0. The molecule has 1 aliphatic heterocycles. The lowest BCUT2D eigenvalue weighted by atomic mass is 9.98. The highest BCUT2D eigenvalue weighted by molar-refractivity contribution is 7.15. The lowest BCUT2D eigenvalue weighted by Crippen LogP contribution is -2.29. The molecule has 8 nitrogen and oxygen atoms in total. The molecule has 0 radical (unpaired) electrons. The van der Waals surface area contributed by atoms with E-state index < -0.39 is 17.7 Å². The van der Waals surface area contributed by atoms with Gasteiger partial charge in [0.2, 0.25) is 5.13 Å². The average molecular weight is 468 g/mol. The number of amides is 3. The molecule has 3 aromatic carbocycles. The molecule has 0 atom stereocenters. The highest BCUT2D eigenvalue weighted by atomic mass is 32.1. The molecule has 1 aromatic heterocycles. The van der Waals surface area contributed by atoms with E-state index in [1.807, 2.05) is 6.07 Å². The van der Waals surface area contributed by atoms with Gasteiger partial charge in [0.05, 0.1) is 23.2 Å². The van der Waals surface area contributed by atoms with Gasteiger partial charge in [-0.3, -0.25) is 29.4 Å². The number of carbonyl (C=O) groups excluding carboxylic acids is 4. The number of aromatic nitrogens is 2. The van der Waals surface area contributed by atoms with Gasteiger partial charge in [0.15, 0.2) is 5.78 Å². The van der Waals surface area contributed by atoms with Crippen molar-refractivity contribution in [1.82, 2.24) is 15.1 Å². The zero-order valence-electron chi connectivity index (χ0n) is 17.6. The van der Waals surface area contributed by atoms with Crippen molar-refractivity contribution < 1.29 is 19.2 Å². The van der Waals surface area contributed by atoms with Crippen LogP contribution in [0.15, 0.2) is 78.9 Å². The zero-order chi connectivity index (χ0) is 23.7. The molecule has 1 aliphatic rings. The number of ketones is 1. The topological polar surface area (TPSA) is 109 Å². The molecule has 0 aliphatic carbocycles. The van der Waals surface area contributed by atoms with Gasteiger partial charge in [0.1, 0.15) is 5.01 Å². The highest BCUT2D eigenvalue weighted by Crippen LogP contribution is 2.26. The van der Waals surface area contributed by atoms with Crippen molar-refractivity contribution >= 4 is 40.0 Å². The summed E-state index contributed by atoms with van der Waals surface area (Å²) in [6.45, 7) is -0.0526. The summed E-state index contributed by atoms with van der Waals surface area (Å²) in [6.07, 6.45) is 0. The van der Waals surface area contributed by atoms with Gasteiger partial charge < -0.3 is 0 Å². The second kappa shape index (κ2) is 8.80. The second-order valence-electron chi connectivity index (χ2n) is 7.44. The molecule has 5 rings (SSSR count). The Labute approximate surface area is 197 Å². The quantitative estimate of drug-likeness (QED) is 0.340. The molecule has 0 saturated heterocycles. The fourth-order valence-electron chi connectivity index (χ4n) is 3.67. The van der Waals surface area contributed by atoms with Gasteiger partial charge in [-0.1, -0.05) is 72.0 Å². The van der Waals surface area contributed by atoms with Crippen LogP contribution in [-0.4, -0.2) is 38.6 Å². The SMILES string of the molecule is O=C(Nc1nnc(CN2C(=O)c3ccccc3C2=O)s1)c1ccccc1C(=O)c1ccccc1. The van der Waals surface area contributed by atoms with Crippen molar-refractivity contribution in [3.8, 4) is 0 Å². The number of rotatable bonds is 6. The van der Waals surface area contributed by atoms with Gasteiger partial charge in [-0.2, -0.15) is 0 Å². The third kappa shape index (κ3) is 3.89. The summed E-state index contributed by atoms with van der Waals surface area (Å²) >= 11 is 1.05. The Hall–Kier alpha value is -4.50. The van der Waals surface area contributed by atoms with E-state index in [-0.39, 0.29) is 28.6 Å². The van der Waals surface area contributed by atoms with Crippen LogP contribution in [0, 0.1) is 0 Å². The van der Waals surface area contributed by atoms with E-state index in [1.54, 1.807) is 72.8 Å². The van der Waals surface area contributed by atoms with Gasteiger partial charge in [-0.15, -0.1) is 10.2 Å². The van der Waals surface area contributed by atoms with Gasteiger partial charge in [-0.25, -0.2) is 0 Å². The van der Waals surface area contributed by atoms with E-state index in [0.29, 0.717) is 21.7 Å². The van der Waals surface area contributed by atoms with Gasteiger partial charge in [0.25, 0.3) is 17.7 Å². The summed E-state index contributed by atoms with van der Waals surface area (Å²) in [5.41, 5.74) is 1.65. The van der Waals surface area contributed by atoms with Crippen LogP contribution in [0.5, 0.6) is 0 Å². The first kappa shape index (κ1) is 21.4. The number of nitrogens with zero attached hydrogens (tertiary/aromatic N) is 3. The minimum atomic E-state index is -0.511. The lowest BCUT2D eigenvalue weighted by molar-refractivity contribution is 0.0641. The summed E-state index contributed by atoms with van der Waals surface area (Å²) in [4.78, 5) is 52.1. The third-order valence-corrected chi connectivity index (χ3v) is 6.13.